The van der Waals surface area contributed by atoms with Crippen LogP contribution in [0.25, 0.3) is 22.2 Å². The van der Waals surface area contributed by atoms with E-state index in [4.69, 9.17) is 5.11 Å². The van der Waals surface area contributed by atoms with Gasteiger partial charge in [0.25, 0.3) is 0 Å². The predicted molar refractivity (Wildman–Crippen MR) is 117 cm³/mol. The van der Waals surface area contributed by atoms with Gasteiger partial charge in [-0.15, -0.1) is 24.2 Å². The van der Waals surface area contributed by atoms with Crippen LogP contribution in [0.1, 0.15) is 15.9 Å². The molecule has 2 aromatic carbocycles. The average molecular weight is 411 g/mol. The van der Waals surface area contributed by atoms with Gasteiger partial charge in [0.05, 0.1) is 11.3 Å². The Labute approximate surface area is 173 Å². The second-order valence-electron chi connectivity index (χ2n) is 6.19. The van der Waals surface area contributed by atoms with Gasteiger partial charge in [-0.3, -0.25) is 4.98 Å². The Hall–Kier alpha value is -2.76. The molecule has 2 heterocycles. The van der Waals surface area contributed by atoms with Gasteiger partial charge in [0.15, 0.2) is 0 Å². The van der Waals surface area contributed by atoms with Crippen LogP contribution < -0.4 is 0 Å². The molecule has 2 N–H and O–H groups in total. The van der Waals surface area contributed by atoms with Crippen molar-refractivity contribution in [2.24, 2.45) is 0 Å². The average Bonchev–Trinajstić information content (AvgIpc) is 3.08. The summed E-state index contributed by atoms with van der Waals surface area (Å²) in [5, 5.41) is 10.2. The Morgan fingerprint density at radius 3 is 2.54 bits per heavy atom. The van der Waals surface area contributed by atoms with Gasteiger partial charge in [0.2, 0.25) is 0 Å². The van der Waals surface area contributed by atoms with E-state index in [0.717, 1.165) is 33.8 Å². The number of carbonyl (C=O) groups is 1. The molecule has 0 spiro atoms. The first-order valence-corrected chi connectivity index (χ1v) is 9.67. The molecule has 0 aliphatic carbocycles. The standard InChI is InChI=1S/C22H18N2O2S.ClH/c25-22(26)15-7-9-17(10-8-15)27-13-11-19-18-5-1-2-6-20(18)24-21(19)16-4-3-12-23-14-16;/h1-10,12,14,24H,11,13H2,(H,25,26);1H. The van der Waals surface area contributed by atoms with Gasteiger partial charge in [-0.2, -0.15) is 0 Å². The number of H-pyrrole nitrogens is 1. The number of pyridine rings is 1. The molecule has 0 unspecified atom stereocenters. The topological polar surface area (TPSA) is 66.0 Å². The van der Waals surface area contributed by atoms with Gasteiger partial charge < -0.3 is 10.1 Å². The van der Waals surface area contributed by atoms with Crippen LogP contribution >= 0.6 is 24.2 Å². The van der Waals surface area contributed by atoms with E-state index in [2.05, 4.69) is 34.2 Å². The Bertz CT molecular complexity index is 1080. The number of aromatic carboxylic acids is 1. The Balaban J connectivity index is 0.00000225. The number of aryl methyl sites for hydroxylation is 1. The van der Waals surface area contributed by atoms with Crippen LogP contribution in [0.2, 0.25) is 0 Å². The van der Waals surface area contributed by atoms with E-state index >= 15 is 0 Å². The fraction of sp³-hybridized carbons (Fsp3) is 0.0909. The number of hydrogen-bond donors (Lipinski definition) is 2. The summed E-state index contributed by atoms with van der Waals surface area (Å²) in [6.07, 6.45) is 4.56. The van der Waals surface area contributed by atoms with E-state index in [9.17, 15) is 4.79 Å². The molecule has 0 radical (unpaired) electrons. The largest absolute Gasteiger partial charge is 0.478 e. The minimum Gasteiger partial charge on any atom is -0.478 e. The Kier molecular flexibility index (Phi) is 6.39. The number of benzene rings is 2. The highest BCUT2D eigenvalue weighted by molar-refractivity contribution is 7.99. The zero-order valence-electron chi connectivity index (χ0n) is 15.0. The third-order valence-corrected chi connectivity index (χ3v) is 5.50. The van der Waals surface area contributed by atoms with Crippen molar-refractivity contribution in [2.45, 2.75) is 11.3 Å². The summed E-state index contributed by atoms with van der Waals surface area (Å²) >= 11 is 1.73. The number of hydrogen-bond acceptors (Lipinski definition) is 3. The molecular formula is C22H19ClN2O2S. The molecule has 6 heteroatoms. The summed E-state index contributed by atoms with van der Waals surface area (Å²) < 4.78 is 0. The Morgan fingerprint density at radius 2 is 1.82 bits per heavy atom. The minimum atomic E-state index is -0.897. The van der Waals surface area contributed by atoms with Gasteiger partial charge >= 0.3 is 5.97 Å². The van der Waals surface area contributed by atoms with Crippen LogP contribution in [0.4, 0.5) is 0 Å². The highest BCUT2D eigenvalue weighted by atomic mass is 35.5. The summed E-state index contributed by atoms with van der Waals surface area (Å²) in [6.45, 7) is 0. The number of aromatic amines is 1. The minimum absolute atomic E-state index is 0. The predicted octanol–water partition coefficient (Wildman–Crippen LogP) is 5.68. The molecule has 0 aliphatic heterocycles. The van der Waals surface area contributed by atoms with Gasteiger partial charge in [0.1, 0.15) is 0 Å². The number of rotatable bonds is 6. The van der Waals surface area contributed by atoms with E-state index in [1.165, 1.54) is 10.9 Å². The van der Waals surface area contributed by atoms with Gasteiger partial charge in [-0.25, -0.2) is 4.79 Å². The lowest BCUT2D eigenvalue weighted by Gasteiger charge is -2.06. The smallest absolute Gasteiger partial charge is 0.335 e. The molecule has 2 aromatic heterocycles. The van der Waals surface area contributed by atoms with E-state index in [1.54, 1.807) is 30.1 Å². The third-order valence-electron chi connectivity index (χ3n) is 4.49. The monoisotopic (exact) mass is 410 g/mol. The lowest BCUT2D eigenvalue weighted by molar-refractivity contribution is 0.0697. The van der Waals surface area contributed by atoms with Crippen LogP contribution in [0.15, 0.2) is 78.0 Å². The highest BCUT2D eigenvalue weighted by Gasteiger charge is 2.13. The lowest BCUT2D eigenvalue weighted by Crippen LogP contribution is -1.95. The van der Waals surface area contributed by atoms with Gasteiger partial charge in [-0.1, -0.05) is 18.2 Å². The summed E-state index contributed by atoms with van der Waals surface area (Å²) in [6, 6.07) is 19.4. The number of thioether (sulfide) groups is 1. The molecule has 4 aromatic rings. The molecule has 4 rings (SSSR count). The van der Waals surface area contributed by atoms with E-state index in [1.807, 2.05) is 30.5 Å². The van der Waals surface area contributed by atoms with Crippen LogP contribution in [0, 0.1) is 0 Å². The SMILES string of the molecule is Cl.O=C(O)c1ccc(SCCc2c(-c3cccnc3)[nH]c3ccccc23)cc1. The fourth-order valence-corrected chi connectivity index (χ4v) is 4.05. The van der Waals surface area contributed by atoms with Crippen molar-refractivity contribution >= 4 is 41.0 Å². The number of nitrogens with zero attached hydrogens (tertiary/aromatic N) is 1. The second-order valence-corrected chi connectivity index (χ2v) is 7.36. The summed E-state index contributed by atoms with van der Waals surface area (Å²) in [7, 11) is 0. The number of nitrogens with one attached hydrogen (secondary N) is 1. The van der Waals surface area contributed by atoms with E-state index in [-0.39, 0.29) is 12.4 Å². The van der Waals surface area contributed by atoms with Crippen LogP contribution in [0.5, 0.6) is 0 Å². The maximum absolute atomic E-state index is 11.0. The molecule has 0 amide bonds. The number of para-hydroxylation sites is 1. The maximum atomic E-state index is 11.0. The zero-order valence-corrected chi connectivity index (χ0v) is 16.6. The lowest BCUT2D eigenvalue weighted by atomic mass is 10.0. The van der Waals surface area contributed by atoms with Crippen molar-refractivity contribution in [1.82, 2.24) is 9.97 Å². The van der Waals surface area contributed by atoms with Crippen molar-refractivity contribution in [1.29, 1.82) is 0 Å². The van der Waals surface area contributed by atoms with Crippen molar-refractivity contribution in [3.63, 3.8) is 0 Å². The molecule has 4 nitrogen and oxygen atoms in total. The van der Waals surface area contributed by atoms with E-state index < -0.39 is 5.97 Å². The molecule has 0 saturated heterocycles. The first kappa shape index (κ1) is 20.0. The molecule has 0 atom stereocenters. The number of carboxylic acids is 1. The van der Waals surface area contributed by atoms with Gasteiger partial charge in [0, 0.05) is 39.5 Å². The molecule has 0 saturated carbocycles. The molecular weight excluding hydrogens is 392 g/mol. The van der Waals surface area contributed by atoms with Crippen molar-refractivity contribution in [3.8, 4) is 11.3 Å². The van der Waals surface area contributed by atoms with Crippen LogP contribution in [-0.4, -0.2) is 26.8 Å². The highest BCUT2D eigenvalue weighted by Crippen LogP contribution is 2.31. The fourth-order valence-electron chi connectivity index (χ4n) is 3.18. The number of aromatic nitrogens is 2. The first-order valence-electron chi connectivity index (χ1n) is 8.68. The molecule has 142 valence electrons. The summed E-state index contributed by atoms with van der Waals surface area (Å²) in [5.74, 6) is 0.00749. The van der Waals surface area contributed by atoms with Crippen molar-refractivity contribution in [3.05, 3.63) is 84.2 Å². The maximum Gasteiger partial charge on any atom is 0.335 e. The molecule has 0 bridgehead atoms. The zero-order chi connectivity index (χ0) is 18.6. The molecule has 28 heavy (non-hydrogen) atoms. The molecule has 0 aliphatic rings. The van der Waals surface area contributed by atoms with E-state index in [0.29, 0.717) is 5.56 Å². The Morgan fingerprint density at radius 1 is 1.04 bits per heavy atom. The third kappa shape index (κ3) is 4.21. The second kappa shape index (κ2) is 8.95. The molecule has 0 fully saturated rings. The number of halogens is 1. The van der Waals surface area contributed by atoms with Crippen molar-refractivity contribution < 1.29 is 9.90 Å². The normalized spacial score (nSPS) is 10.6. The number of fused-ring (bicyclic) bond motifs is 1. The quantitative estimate of drug-likeness (QED) is 0.401. The van der Waals surface area contributed by atoms with Crippen LogP contribution in [0.3, 0.4) is 0 Å². The van der Waals surface area contributed by atoms with Crippen molar-refractivity contribution in [2.75, 3.05) is 5.75 Å². The first-order chi connectivity index (χ1) is 13.2. The van der Waals surface area contributed by atoms with Crippen LogP contribution in [-0.2, 0) is 6.42 Å². The summed E-state index contributed by atoms with van der Waals surface area (Å²) in [5.41, 5.74) is 4.93. The summed E-state index contributed by atoms with van der Waals surface area (Å²) in [4.78, 5) is 19.8. The number of carboxylic acid groups (broad SMARTS) is 1. The van der Waals surface area contributed by atoms with Gasteiger partial charge in [-0.05, 0) is 54.4 Å².